The fraction of sp³-hybridized carbons (Fsp3) is 0.292. The van der Waals surface area contributed by atoms with E-state index < -0.39 is 0 Å². The predicted molar refractivity (Wildman–Crippen MR) is 111 cm³/mol. The fourth-order valence-corrected chi connectivity index (χ4v) is 3.82. The van der Waals surface area contributed by atoms with Crippen LogP contribution in [0.25, 0.3) is 10.8 Å². The number of nitrogens with one attached hydrogen (secondary N) is 1. The summed E-state index contributed by atoms with van der Waals surface area (Å²) < 4.78 is 5.67. The van der Waals surface area contributed by atoms with Crippen molar-refractivity contribution >= 4 is 22.4 Å². The summed E-state index contributed by atoms with van der Waals surface area (Å²) in [6.07, 6.45) is 3.27. The largest absolute Gasteiger partial charge is 0.484 e. The maximum Gasteiger partial charge on any atom is 0.262 e. The van der Waals surface area contributed by atoms with Crippen LogP contribution in [0.5, 0.6) is 5.75 Å². The normalized spacial score (nSPS) is 13.6. The van der Waals surface area contributed by atoms with Crippen molar-refractivity contribution in [3.8, 4) is 5.75 Å². The summed E-state index contributed by atoms with van der Waals surface area (Å²) in [5.74, 6) is 1.11. The van der Waals surface area contributed by atoms with Gasteiger partial charge < -0.3 is 10.1 Å². The molecule has 3 nitrogen and oxygen atoms in total. The highest BCUT2D eigenvalue weighted by molar-refractivity contribution is 6.05. The molecule has 1 N–H and O–H groups in total. The number of ether oxygens (including phenoxy) is 1. The second-order valence-corrected chi connectivity index (χ2v) is 7.33. The number of rotatable bonds is 6. The molecule has 1 amide bonds. The van der Waals surface area contributed by atoms with E-state index in [9.17, 15) is 4.79 Å². The van der Waals surface area contributed by atoms with Gasteiger partial charge in [0.25, 0.3) is 5.91 Å². The van der Waals surface area contributed by atoms with Crippen molar-refractivity contribution in [3.05, 3.63) is 71.3 Å². The number of anilines is 1. The van der Waals surface area contributed by atoms with Crippen LogP contribution in [0.4, 0.5) is 5.69 Å². The lowest BCUT2D eigenvalue weighted by molar-refractivity contribution is -0.118. The van der Waals surface area contributed by atoms with Crippen LogP contribution in [-0.2, 0) is 17.6 Å². The Morgan fingerprint density at radius 1 is 1.04 bits per heavy atom. The van der Waals surface area contributed by atoms with Crippen LogP contribution in [0.3, 0.4) is 0 Å². The summed E-state index contributed by atoms with van der Waals surface area (Å²) in [5, 5.41) is 5.43. The molecule has 0 bridgehead atoms. The van der Waals surface area contributed by atoms with E-state index in [2.05, 4.69) is 55.6 Å². The Labute approximate surface area is 160 Å². The summed E-state index contributed by atoms with van der Waals surface area (Å²) in [4.78, 5) is 12.4. The van der Waals surface area contributed by atoms with E-state index >= 15 is 0 Å². The molecule has 0 spiro atoms. The van der Waals surface area contributed by atoms with Crippen molar-refractivity contribution in [3.63, 3.8) is 0 Å². The maximum atomic E-state index is 12.4. The Balaban J connectivity index is 1.43. The number of hydrogen-bond donors (Lipinski definition) is 1. The summed E-state index contributed by atoms with van der Waals surface area (Å²) in [5.41, 5.74) is 4.90. The number of amides is 1. The van der Waals surface area contributed by atoms with Gasteiger partial charge in [0.1, 0.15) is 5.75 Å². The molecule has 3 aromatic rings. The van der Waals surface area contributed by atoms with E-state index in [0.29, 0.717) is 5.92 Å². The van der Waals surface area contributed by atoms with Crippen molar-refractivity contribution in [1.82, 2.24) is 0 Å². The highest BCUT2D eigenvalue weighted by Gasteiger charge is 2.16. The van der Waals surface area contributed by atoms with E-state index in [4.69, 9.17) is 4.74 Å². The maximum absolute atomic E-state index is 12.4. The van der Waals surface area contributed by atoms with Crippen LogP contribution in [0, 0.1) is 0 Å². The Bertz CT molecular complexity index is 965. The van der Waals surface area contributed by atoms with Crippen LogP contribution in [0.2, 0.25) is 0 Å². The molecule has 0 aromatic heterocycles. The van der Waals surface area contributed by atoms with Gasteiger partial charge in [-0.25, -0.2) is 0 Å². The zero-order valence-corrected chi connectivity index (χ0v) is 15.9. The van der Waals surface area contributed by atoms with Crippen LogP contribution in [0.15, 0.2) is 54.6 Å². The molecule has 0 radical (unpaired) electrons. The van der Waals surface area contributed by atoms with Gasteiger partial charge in [0.2, 0.25) is 0 Å². The molecule has 0 aliphatic heterocycles. The summed E-state index contributed by atoms with van der Waals surface area (Å²) in [6, 6.07) is 18.5. The second kappa shape index (κ2) is 7.43. The molecule has 3 aromatic carbocycles. The second-order valence-electron chi connectivity index (χ2n) is 7.33. The van der Waals surface area contributed by atoms with Crippen LogP contribution < -0.4 is 10.1 Å². The third kappa shape index (κ3) is 3.55. The summed E-state index contributed by atoms with van der Waals surface area (Å²) in [7, 11) is 0. The standard InChI is InChI=1S/C24H25NO2/c1-3-16(2)17-9-12-20(13-10-17)27-15-23(26)25-22-14-11-19-8-7-18-5-4-6-21(22)24(18)19/h4-6,9-14,16H,3,7-8,15H2,1-2H3,(H,25,26). The Hall–Kier alpha value is -2.81. The third-order valence-corrected chi connectivity index (χ3v) is 5.58. The Kier molecular flexibility index (Phi) is 4.85. The lowest BCUT2D eigenvalue weighted by Crippen LogP contribution is -2.20. The molecule has 1 atom stereocenters. The molecule has 0 fully saturated rings. The van der Waals surface area contributed by atoms with Gasteiger partial charge in [-0.3, -0.25) is 4.79 Å². The van der Waals surface area contributed by atoms with Gasteiger partial charge in [0, 0.05) is 11.1 Å². The molecule has 1 aliphatic carbocycles. The Morgan fingerprint density at radius 3 is 2.52 bits per heavy atom. The number of carbonyl (C=O) groups excluding carboxylic acids is 1. The third-order valence-electron chi connectivity index (χ3n) is 5.58. The topological polar surface area (TPSA) is 38.3 Å². The van der Waals surface area contributed by atoms with Gasteiger partial charge >= 0.3 is 0 Å². The lowest BCUT2D eigenvalue weighted by atomic mass is 9.99. The molecular formula is C24H25NO2. The van der Waals surface area contributed by atoms with Crippen molar-refractivity contribution in [2.24, 2.45) is 0 Å². The van der Waals surface area contributed by atoms with Crippen LogP contribution in [0.1, 0.15) is 42.9 Å². The molecule has 1 unspecified atom stereocenters. The Morgan fingerprint density at radius 2 is 1.78 bits per heavy atom. The number of carbonyl (C=O) groups is 1. The van der Waals surface area contributed by atoms with Gasteiger partial charge in [-0.15, -0.1) is 0 Å². The van der Waals surface area contributed by atoms with Crippen molar-refractivity contribution < 1.29 is 9.53 Å². The molecule has 4 rings (SSSR count). The van der Waals surface area contributed by atoms with E-state index in [1.54, 1.807) is 0 Å². The lowest BCUT2D eigenvalue weighted by Gasteiger charge is -2.12. The molecule has 0 heterocycles. The van der Waals surface area contributed by atoms with Gasteiger partial charge in [-0.05, 0) is 65.5 Å². The van der Waals surface area contributed by atoms with Crippen molar-refractivity contribution in [2.75, 3.05) is 11.9 Å². The fourth-order valence-electron chi connectivity index (χ4n) is 3.82. The summed E-state index contributed by atoms with van der Waals surface area (Å²) >= 11 is 0. The zero-order valence-electron chi connectivity index (χ0n) is 15.9. The first-order chi connectivity index (χ1) is 13.2. The van der Waals surface area contributed by atoms with Crippen molar-refractivity contribution in [1.29, 1.82) is 0 Å². The van der Waals surface area contributed by atoms with Crippen LogP contribution >= 0.6 is 0 Å². The highest BCUT2D eigenvalue weighted by Crippen LogP contribution is 2.35. The van der Waals surface area contributed by atoms with Gasteiger partial charge in [-0.2, -0.15) is 0 Å². The van der Waals surface area contributed by atoms with E-state index in [1.165, 1.54) is 22.1 Å². The van der Waals surface area contributed by atoms with E-state index in [0.717, 1.165) is 36.1 Å². The molecule has 0 saturated heterocycles. The van der Waals surface area contributed by atoms with E-state index in [1.807, 2.05) is 18.2 Å². The molecule has 3 heteroatoms. The first-order valence-corrected chi connectivity index (χ1v) is 9.72. The minimum absolute atomic E-state index is 0.00557. The molecule has 138 valence electrons. The predicted octanol–water partition coefficient (Wildman–Crippen LogP) is 5.47. The molecule has 0 saturated carbocycles. The minimum Gasteiger partial charge on any atom is -0.484 e. The monoisotopic (exact) mass is 359 g/mol. The number of benzene rings is 3. The smallest absolute Gasteiger partial charge is 0.262 e. The van der Waals surface area contributed by atoms with Gasteiger partial charge in [-0.1, -0.05) is 50.2 Å². The first-order valence-electron chi connectivity index (χ1n) is 9.72. The van der Waals surface area contributed by atoms with Crippen molar-refractivity contribution in [2.45, 2.75) is 39.0 Å². The van der Waals surface area contributed by atoms with Crippen LogP contribution in [-0.4, -0.2) is 12.5 Å². The van der Waals surface area contributed by atoms with E-state index in [-0.39, 0.29) is 12.5 Å². The molecule has 27 heavy (non-hydrogen) atoms. The average Bonchev–Trinajstić information content (AvgIpc) is 3.13. The zero-order chi connectivity index (χ0) is 18.8. The summed E-state index contributed by atoms with van der Waals surface area (Å²) in [6.45, 7) is 4.40. The quantitative estimate of drug-likeness (QED) is 0.634. The van der Waals surface area contributed by atoms with Gasteiger partial charge in [0.05, 0.1) is 0 Å². The first kappa shape index (κ1) is 17.6. The number of hydrogen-bond acceptors (Lipinski definition) is 2. The molecule has 1 aliphatic rings. The highest BCUT2D eigenvalue weighted by atomic mass is 16.5. The average molecular weight is 359 g/mol. The molecular weight excluding hydrogens is 334 g/mol. The number of aryl methyl sites for hydroxylation is 2. The van der Waals surface area contributed by atoms with Gasteiger partial charge in [0.15, 0.2) is 6.61 Å². The SMILES string of the molecule is CCC(C)c1ccc(OCC(=O)Nc2ccc3c4c(cccc24)CC3)cc1. The minimum atomic E-state index is -0.139.